The Bertz CT molecular complexity index is 236. The molecule has 0 radical (unpaired) electrons. The molecule has 2 heteroatoms. The second-order valence-electron chi connectivity index (χ2n) is 5.88. The Hall–Kier alpha value is -0.530. The minimum absolute atomic E-state index is 0.173. The molecule has 4 rings (SSSR count). The first-order valence-electron chi connectivity index (χ1n) is 5.94. The molecule has 0 unspecified atom stereocenters. The molecule has 0 atom stereocenters. The fourth-order valence-electron chi connectivity index (χ4n) is 4.64. The second kappa shape index (κ2) is 2.74. The number of amides is 1. The normalized spacial score (nSPS) is 49.4. The Morgan fingerprint density at radius 1 is 1.07 bits per heavy atom. The molecule has 0 aromatic heterocycles. The van der Waals surface area contributed by atoms with Crippen molar-refractivity contribution in [2.45, 2.75) is 51.0 Å². The van der Waals surface area contributed by atoms with Crippen molar-refractivity contribution in [3.8, 4) is 0 Å². The van der Waals surface area contributed by atoms with Gasteiger partial charge < -0.3 is 5.32 Å². The van der Waals surface area contributed by atoms with Crippen molar-refractivity contribution in [2.24, 2.45) is 17.8 Å². The van der Waals surface area contributed by atoms with Gasteiger partial charge in [0.1, 0.15) is 0 Å². The van der Waals surface area contributed by atoms with E-state index in [1.807, 2.05) is 0 Å². The summed E-state index contributed by atoms with van der Waals surface area (Å²) in [6.45, 7) is 1.67. The molecule has 1 N–H and O–H groups in total. The van der Waals surface area contributed by atoms with E-state index >= 15 is 0 Å². The molecule has 4 aliphatic carbocycles. The maximum absolute atomic E-state index is 11.2. The molecule has 78 valence electrons. The predicted octanol–water partition coefficient (Wildman–Crippen LogP) is 2.09. The number of rotatable bonds is 1. The van der Waals surface area contributed by atoms with E-state index in [1.54, 1.807) is 6.92 Å². The van der Waals surface area contributed by atoms with Crippen LogP contribution in [-0.4, -0.2) is 11.4 Å². The fraction of sp³-hybridized carbons (Fsp3) is 0.917. The minimum atomic E-state index is 0.173. The van der Waals surface area contributed by atoms with Crippen molar-refractivity contribution in [3.05, 3.63) is 0 Å². The zero-order valence-electron chi connectivity index (χ0n) is 8.88. The van der Waals surface area contributed by atoms with Gasteiger partial charge in [0.2, 0.25) is 5.91 Å². The molecule has 2 nitrogen and oxygen atoms in total. The summed E-state index contributed by atoms with van der Waals surface area (Å²) in [5.41, 5.74) is 0.223. The van der Waals surface area contributed by atoms with Gasteiger partial charge in [-0.3, -0.25) is 4.79 Å². The number of hydrogen-bond donors (Lipinski definition) is 1. The molecule has 0 heterocycles. The van der Waals surface area contributed by atoms with Crippen LogP contribution in [0.25, 0.3) is 0 Å². The van der Waals surface area contributed by atoms with E-state index in [1.165, 1.54) is 38.5 Å². The summed E-state index contributed by atoms with van der Waals surface area (Å²) in [5.74, 6) is 2.95. The number of hydrogen-bond acceptors (Lipinski definition) is 1. The Morgan fingerprint density at radius 2 is 1.50 bits per heavy atom. The summed E-state index contributed by atoms with van der Waals surface area (Å²) in [7, 11) is 0. The average Bonchev–Trinajstić information content (AvgIpc) is 1.96. The van der Waals surface area contributed by atoms with Crippen LogP contribution in [0.5, 0.6) is 0 Å². The van der Waals surface area contributed by atoms with Crippen molar-refractivity contribution < 1.29 is 4.79 Å². The molecule has 14 heavy (non-hydrogen) atoms. The summed E-state index contributed by atoms with van der Waals surface area (Å²) in [6.07, 6.45) is 8.12. The van der Waals surface area contributed by atoms with Crippen molar-refractivity contribution in [2.75, 3.05) is 0 Å². The molecule has 1 amide bonds. The molecular formula is C12H19NO. The maximum Gasteiger partial charge on any atom is 0.217 e. The largest absolute Gasteiger partial charge is 0.351 e. The van der Waals surface area contributed by atoms with Gasteiger partial charge in [-0.2, -0.15) is 0 Å². The Kier molecular flexibility index (Phi) is 1.71. The van der Waals surface area contributed by atoms with Crippen molar-refractivity contribution in [3.63, 3.8) is 0 Å². The Balaban J connectivity index is 1.83. The van der Waals surface area contributed by atoms with Crippen LogP contribution in [0.2, 0.25) is 0 Å². The Labute approximate surface area is 85.4 Å². The van der Waals surface area contributed by atoms with Crippen LogP contribution in [0.3, 0.4) is 0 Å². The third-order valence-electron chi connectivity index (χ3n) is 4.48. The van der Waals surface area contributed by atoms with Gasteiger partial charge in [0, 0.05) is 12.5 Å². The summed E-state index contributed by atoms with van der Waals surface area (Å²) < 4.78 is 0. The van der Waals surface area contributed by atoms with Crippen LogP contribution in [0.1, 0.15) is 45.4 Å². The minimum Gasteiger partial charge on any atom is -0.351 e. The number of nitrogens with one attached hydrogen (secondary N) is 1. The molecule has 0 saturated heterocycles. The van der Waals surface area contributed by atoms with Crippen LogP contribution < -0.4 is 5.32 Å². The van der Waals surface area contributed by atoms with E-state index in [2.05, 4.69) is 5.32 Å². The lowest BCUT2D eigenvalue weighted by atomic mass is 9.53. The molecule has 0 aliphatic heterocycles. The lowest BCUT2D eigenvalue weighted by molar-refractivity contribution is -0.124. The van der Waals surface area contributed by atoms with Crippen LogP contribution in [0, 0.1) is 17.8 Å². The van der Waals surface area contributed by atoms with Crippen molar-refractivity contribution in [1.82, 2.24) is 5.32 Å². The lowest BCUT2D eigenvalue weighted by Crippen LogP contribution is -2.59. The van der Waals surface area contributed by atoms with E-state index < -0.39 is 0 Å². The van der Waals surface area contributed by atoms with E-state index in [-0.39, 0.29) is 11.4 Å². The molecule has 4 aliphatic rings. The van der Waals surface area contributed by atoms with Gasteiger partial charge >= 0.3 is 0 Å². The van der Waals surface area contributed by atoms with Crippen LogP contribution in [0.4, 0.5) is 0 Å². The number of carbonyl (C=O) groups excluding carboxylic acids is 1. The van der Waals surface area contributed by atoms with Gasteiger partial charge in [-0.1, -0.05) is 0 Å². The van der Waals surface area contributed by atoms with Crippen molar-refractivity contribution >= 4 is 5.91 Å². The number of carbonyl (C=O) groups is 1. The van der Waals surface area contributed by atoms with Gasteiger partial charge in [0.25, 0.3) is 0 Å². The van der Waals surface area contributed by atoms with E-state index in [4.69, 9.17) is 0 Å². The quantitative estimate of drug-likeness (QED) is 0.679. The van der Waals surface area contributed by atoms with E-state index in [0.29, 0.717) is 0 Å². The molecule has 0 aromatic rings. The maximum atomic E-state index is 11.2. The Morgan fingerprint density at radius 3 is 1.86 bits per heavy atom. The summed E-state index contributed by atoms with van der Waals surface area (Å²) in [5, 5.41) is 3.25. The third-order valence-corrected chi connectivity index (χ3v) is 4.48. The summed E-state index contributed by atoms with van der Waals surface area (Å²) in [6, 6.07) is 0. The van der Waals surface area contributed by atoms with Gasteiger partial charge in [0.05, 0.1) is 0 Å². The van der Waals surface area contributed by atoms with Crippen LogP contribution >= 0.6 is 0 Å². The zero-order chi connectivity index (χ0) is 9.76. The monoisotopic (exact) mass is 193 g/mol. The van der Waals surface area contributed by atoms with Gasteiger partial charge in [0.15, 0.2) is 0 Å². The van der Waals surface area contributed by atoms with Gasteiger partial charge in [-0.05, 0) is 56.3 Å². The highest BCUT2D eigenvalue weighted by atomic mass is 16.1. The lowest BCUT2D eigenvalue weighted by Gasteiger charge is -2.56. The topological polar surface area (TPSA) is 29.1 Å². The smallest absolute Gasteiger partial charge is 0.217 e. The van der Waals surface area contributed by atoms with Crippen LogP contribution in [-0.2, 0) is 4.79 Å². The highest BCUT2D eigenvalue weighted by Crippen LogP contribution is 2.55. The average molecular weight is 193 g/mol. The van der Waals surface area contributed by atoms with E-state index in [0.717, 1.165) is 17.8 Å². The van der Waals surface area contributed by atoms with Crippen LogP contribution in [0.15, 0.2) is 0 Å². The SMILES string of the molecule is CC(=O)N[C@]12C[C@H]3C[C@H](C[C@H](C3)C1)C2. The standard InChI is InChI=1S/C12H19NO/c1-8(14)13-12-5-9-2-10(6-12)4-11(3-9)7-12/h9-11H,2-7H2,1H3,(H,13,14)/t9-,10+,11-,12-. The van der Waals surface area contributed by atoms with Gasteiger partial charge in [-0.15, -0.1) is 0 Å². The molecule has 0 spiro atoms. The van der Waals surface area contributed by atoms with Crippen molar-refractivity contribution in [1.29, 1.82) is 0 Å². The van der Waals surface area contributed by atoms with Gasteiger partial charge in [-0.25, -0.2) is 0 Å². The third kappa shape index (κ3) is 1.27. The first-order valence-corrected chi connectivity index (χ1v) is 5.94. The summed E-state index contributed by atoms with van der Waals surface area (Å²) in [4.78, 5) is 11.2. The highest BCUT2D eigenvalue weighted by Gasteiger charge is 2.51. The highest BCUT2D eigenvalue weighted by molar-refractivity contribution is 5.73. The molecule has 4 bridgehead atoms. The molecule has 4 fully saturated rings. The molecule has 0 aromatic carbocycles. The fourth-order valence-corrected chi connectivity index (χ4v) is 4.64. The molecule has 4 saturated carbocycles. The first kappa shape index (κ1) is 8.75. The molecular weight excluding hydrogens is 174 g/mol. The predicted molar refractivity (Wildman–Crippen MR) is 54.7 cm³/mol. The second-order valence-corrected chi connectivity index (χ2v) is 5.88. The first-order chi connectivity index (χ1) is 6.65. The van der Waals surface area contributed by atoms with E-state index in [9.17, 15) is 4.79 Å². The summed E-state index contributed by atoms with van der Waals surface area (Å²) >= 11 is 0. The zero-order valence-corrected chi connectivity index (χ0v) is 8.88.